The van der Waals surface area contributed by atoms with Crippen molar-refractivity contribution in [2.24, 2.45) is 16.7 Å². The average Bonchev–Trinajstić information content (AvgIpc) is 2.27. The molecule has 7 heteroatoms. The van der Waals surface area contributed by atoms with E-state index in [1.165, 1.54) is 13.3 Å². The van der Waals surface area contributed by atoms with E-state index in [2.05, 4.69) is 5.10 Å². The summed E-state index contributed by atoms with van der Waals surface area (Å²) < 4.78 is 10.2. The lowest BCUT2D eigenvalue weighted by atomic mass is 10.2. The largest absolute Gasteiger partial charge is 0.493 e. The number of halogens is 1. The third kappa shape index (κ3) is 3.53. The lowest BCUT2D eigenvalue weighted by Crippen LogP contribution is -2.20. The minimum absolute atomic E-state index is 0.252. The summed E-state index contributed by atoms with van der Waals surface area (Å²) in [6.45, 7) is -0.277. The number of rotatable bonds is 5. The highest BCUT2D eigenvalue weighted by Gasteiger charge is 2.12. The molecule has 0 saturated heterocycles. The highest BCUT2D eigenvalue weighted by Crippen LogP contribution is 2.35. The molecule has 0 bridgehead atoms. The van der Waals surface area contributed by atoms with Crippen molar-refractivity contribution < 1.29 is 14.3 Å². The maximum atomic E-state index is 10.6. The van der Waals surface area contributed by atoms with E-state index in [0.717, 1.165) is 0 Å². The van der Waals surface area contributed by atoms with Crippen molar-refractivity contribution in [2.45, 2.75) is 0 Å². The molecule has 1 rings (SSSR count). The molecule has 0 aliphatic heterocycles. The number of benzene rings is 1. The number of ether oxygens (including phenoxy) is 2. The van der Waals surface area contributed by atoms with Gasteiger partial charge in [-0.15, -0.1) is 0 Å². The van der Waals surface area contributed by atoms with Gasteiger partial charge in [0.1, 0.15) is 0 Å². The van der Waals surface area contributed by atoms with E-state index in [4.69, 9.17) is 32.7 Å². The fourth-order valence-electron chi connectivity index (χ4n) is 1.18. The van der Waals surface area contributed by atoms with Gasteiger partial charge in [-0.25, -0.2) is 0 Å². The zero-order valence-corrected chi connectivity index (χ0v) is 9.90. The van der Waals surface area contributed by atoms with Gasteiger partial charge in [0.2, 0.25) is 0 Å². The Hall–Kier alpha value is -1.95. The predicted molar refractivity (Wildman–Crippen MR) is 64.5 cm³/mol. The van der Waals surface area contributed by atoms with Gasteiger partial charge in [0, 0.05) is 0 Å². The smallest absolute Gasteiger partial charge is 0.255 e. The molecule has 0 spiro atoms. The van der Waals surface area contributed by atoms with Crippen LogP contribution in [0.15, 0.2) is 17.2 Å². The molecule has 0 radical (unpaired) electrons. The molecule has 0 aliphatic carbocycles. The Bertz CT molecular complexity index is 449. The average molecular weight is 258 g/mol. The van der Waals surface area contributed by atoms with Gasteiger partial charge in [0.05, 0.1) is 18.3 Å². The molecule has 0 fully saturated rings. The van der Waals surface area contributed by atoms with Crippen LogP contribution >= 0.6 is 11.6 Å². The second-order valence-corrected chi connectivity index (χ2v) is 3.47. The Morgan fingerprint density at radius 2 is 2.29 bits per heavy atom. The van der Waals surface area contributed by atoms with E-state index in [9.17, 15) is 4.79 Å². The first-order valence-corrected chi connectivity index (χ1v) is 4.98. The Morgan fingerprint density at radius 3 is 2.82 bits per heavy atom. The van der Waals surface area contributed by atoms with E-state index in [1.54, 1.807) is 12.1 Å². The van der Waals surface area contributed by atoms with Gasteiger partial charge < -0.3 is 21.1 Å². The fourth-order valence-corrected chi connectivity index (χ4v) is 1.46. The highest BCUT2D eigenvalue weighted by atomic mass is 35.5. The molecule has 0 heterocycles. The van der Waals surface area contributed by atoms with Gasteiger partial charge >= 0.3 is 0 Å². The van der Waals surface area contributed by atoms with Crippen molar-refractivity contribution in [2.75, 3.05) is 13.7 Å². The molecule has 17 heavy (non-hydrogen) atoms. The second-order valence-electron chi connectivity index (χ2n) is 3.07. The van der Waals surface area contributed by atoms with Crippen molar-refractivity contribution in [1.82, 2.24) is 0 Å². The van der Waals surface area contributed by atoms with Crippen molar-refractivity contribution in [3.05, 3.63) is 22.7 Å². The molecule has 6 nitrogen and oxygen atoms in total. The Morgan fingerprint density at radius 1 is 1.59 bits per heavy atom. The van der Waals surface area contributed by atoms with Crippen LogP contribution in [0.1, 0.15) is 5.56 Å². The molecule has 0 atom stereocenters. The normalized spacial score (nSPS) is 10.5. The van der Waals surface area contributed by atoms with Crippen LogP contribution in [0, 0.1) is 0 Å². The summed E-state index contributed by atoms with van der Waals surface area (Å²) in [5, 5.41) is 3.65. The van der Waals surface area contributed by atoms with Crippen LogP contribution in [0.3, 0.4) is 0 Å². The maximum Gasteiger partial charge on any atom is 0.255 e. The zero-order valence-electron chi connectivity index (χ0n) is 9.14. The van der Waals surface area contributed by atoms with Crippen LogP contribution in [0.4, 0.5) is 0 Å². The van der Waals surface area contributed by atoms with Crippen molar-refractivity contribution in [3.8, 4) is 11.5 Å². The minimum Gasteiger partial charge on any atom is -0.493 e. The molecule has 1 aromatic rings. The van der Waals surface area contributed by atoms with Crippen LogP contribution < -0.4 is 21.1 Å². The van der Waals surface area contributed by atoms with Crippen molar-refractivity contribution in [3.63, 3.8) is 0 Å². The summed E-state index contributed by atoms with van der Waals surface area (Å²) in [5.74, 6) is 5.05. The molecular formula is C10H12ClN3O3. The Kier molecular flexibility index (Phi) is 4.59. The number of amides is 1. The lowest BCUT2D eigenvalue weighted by molar-refractivity contribution is -0.119. The number of hydrogen-bond donors (Lipinski definition) is 2. The van der Waals surface area contributed by atoms with Crippen molar-refractivity contribution in [1.29, 1.82) is 0 Å². The third-order valence-electron chi connectivity index (χ3n) is 1.83. The van der Waals surface area contributed by atoms with Crippen LogP contribution in [-0.4, -0.2) is 25.8 Å². The van der Waals surface area contributed by atoms with Crippen LogP contribution in [0.2, 0.25) is 5.02 Å². The third-order valence-corrected chi connectivity index (χ3v) is 2.11. The quantitative estimate of drug-likeness (QED) is 0.456. The number of methoxy groups -OCH3 is 1. The van der Waals surface area contributed by atoms with E-state index >= 15 is 0 Å². The fraction of sp³-hybridized carbons (Fsp3) is 0.200. The molecule has 1 amide bonds. The zero-order chi connectivity index (χ0) is 12.8. The number of hydrazone groups is 1. The van der Waals surface area contributed by atoms with Crippen molar-refractivity contribution >= 4 is 23.7 Å². The Labute approximate surface area is 103 Å². The summed E-state index contributed by atoms with van der Waals surface area (Å²) in [5.41, 5.74) is 5.63. The van der Waals surface area contributed by atoms with Crippen LogP contribution in [0.5, 0.6) is 11.5 Å². The predicted octanol–water partition coefficient (Wildman–Crippen LogP) is 0.505. The van der Waals surface area contributed by atoms with E-state index < -0.39 is 5.91 Å². The highest BCUT2D eigenvalue weighted by molar-refractivity contribution is 6.32. The topological polar surface area (TPSA) is 99.9 Å². The second kappa shape index (κ2) is 5.95. The monoisotopic (exact) mass is 257 g/mol. The van der Waals surface area contributed by atoms with Gasteiger partial charge in [-0.3, -0.25) is 4.79 Å². The molecule has 0 saturated carbocycles. The SMILES string of the molecule is COc1cc(C=NN)cc(Cl)c1OCC(N)=O. The molecular weight excluding hydrogens is 246 g/mol. The van der Waals surface area contributed by atoms with Gasteiger partial charge in [0.25, 0.3) is 5.91 Å². The first kappa shape index (κ1) is 13.1. The molecule has 0 unspecified atom stereocenters. The van der Waals surface area contributed by atoms with E-state index in [1.807, 2.05) is 0 Å². The maximum absolute atomic E-state index is 10.6. The number of nitrogens with zero attached hydrogens (tertiary/aromatic N) is 1. The molecule has 1 aromatic carbocycles. The number of carbonyl (C=O) groups excluding carboxylic acids is 1. The molecule has 0 aliphatic rings. The standard InChI is InChI=1S/C10H12ClN3O3/c1-16-8-3-6(4-14-13)2-7(11)10(8)17-5-9(12)15/h2-4H,5,13H2,1H3,(H2,12,15). The summed E-state index contributed by atoms with van der Waals surface area (Å²) in [7, 11) is 1.45. The summed E-state index contributed by atoms with van der Waals surface area (Å²) >= 11 is 5.97. The number of nitrogens with two attached hydrogens (primary N) is 2. The first-order chi connectivity index (χ1) is 8.08. The first-order valence-electron chi connectivity index (χ1n) is 4.60. The van der Waals surface area contributed by atoms with Crippen LogP contribution in [-0.2, 0) is 4.79 Å². The van der Waals surface area contributed by atoms with Gasteiger partial charge in [-0.2, -0.15) is 5.10 Å². The van der Waals surface area contributed by atoms with Gasteiger partial charge in [0.15, 0.2) is 18.1 Å². The number of primary amides is 1. The number of carbonyl (C=O) groups is 1. The minimum atomic E-state index is -0.601. The van der Waals surface area contributed by atoms with E-state index in [-0.39, 0.29) is 17.4 Å². The summed E-state index contributed by atoms with van der Waals surface area (Å²) in [6.07, 6.45) is 1.41. The van der Waals surface area contributed by atoms with Gasteiger partial charge in [-0.05, 0) is 17.7 Å². The number of hydrogen-bond acceptors (Lipinski definition) is 5. The molecule has 0 aromatic heterocycles. The Balaban J connectivity index is 3.07. The summed E-state index contributed by atoms with van der Waals surface area (Å²) in [6, 6.07) is 3.20. The van der Waals surface area contributed by atoms with E-state index in [0.29, 0.717) is 11.3 Å². The molecule has 4 N–H and O–H groups in total. The van der Waals surface area contributed by atoms with Gasteiger partial charge in [-0.1, -0.05) is 11.6 Å². The summed E-state index contributed by atoms with van der Waals surface area (Å²) in [4.78, 5) is 10.6. The van der Waals surface area contributed by atoms with Crippen LogP contribution in [0.25, 0.3) is 0 Å². The lowest BCUT2D eigenvalue weighted by Gasteiger charge is -2.11. The molecule has 92 valence electrons.